The van der Waals surface area contributed by atoms with Crippen molar-refractivity contribution in [1.82, 2.24) is 14.8 Å². The number of carbonyl (C=O) groups excluding carboxylic acids is 1. The number of amides is 1. The number of nitrogens with one attached hydrogen (secondary N) is 1. The van der Waals surface area contributed by atoms with E-state index in [4.69, 9.17) is 0 Å². The van der Waals surface area contributed by atoms with E-state index < -0.39 is 0 Å². The third-order valence-corrected chi connectivity index (χ3v) is 7.65. The summed E-state index contributed by atoms with van der Waals surface area (Å²) in [7, 11) is 0. The molecule has 2 aromatic heterocycles. The van der Waals surface area contributed by atoms with Crippen molar-refractivity contribution in [3.63, 3.8) is 0 Å². The predicted molar refractivity (Wildman–Crippen MR) is 121 cm³/mol. The van der Waals surface area contributed by atoms with E-state index in [0.717, 1.165) is 26.3 Å². The topological polar surface area (TPSA) is 59.8 Å². The number of hydrogen-bond donors (Lipinski definition) is 1. The number of carbonyl (C=O) groups is 1. The molecule has 1 atom stereocenters. The Morgan fingerprint density at radius 1 is 1.14 bits per heavy atom. The molecule has 1 N–H and O–H groups in total. The molecule has 5 nitrogen and oxygen atoms in total. The maximum absolute atomic E-state index is 12.7. The number of hydrogen-bond acceptors (Lipinski definition) is 6. The van der Waals surface area contributed by atoms with E-state index in [1.54, 1.807) is 11.8 Å². The molecule has 4 rings (SSSR count). The fraction of sp³-hybridized carbons (Fsp3) is 0.250. The van der Waals surface area contributed by atoms with Gasteiger partial charge in [0, 0.05) is 34.0 Å². The summed E-state index contributed by atoms with van der Waals surface area (Å²) in [5, 5.41) is 13.4. The SMILES string of the molecule is CCn1c2ccccc2c2cc(NC(=O)C(C)Sc3nnc(SC)s3)ccc21. The first-order chi connectivity index (χ1) is 13.6. The van der Waals surface area contributed by atoms with Gasteiger partial charge in [-0.15, -0.1) is 10.2 Å². The van der Waals surface area contributed by atoms with E-state index in [1.165, 1.54) is 39.5 Å². The summed E-state index contributed by atoms with van der Waals surface area (Å²) in [5.41, 5.74) is 3.21. The van der Waals surface area contributed by atoms with Gasteiger partial charge in [-0.25, -0.2) is 0 Å². The average Bonchev–Trinajstić information content (AvgIpc) is 3.29. The average molecular weight is 429 g/mol. The van der Waals surface area contributed by atoms with Crippen LogP contribution in [0.25, 0.3) is 21.8 Å². The summed E-state index contributed by atoms with van der Waals surface area (Å²) < 4.78 is 4.02. The lowest BCUT2D eigenvalue weighted by Gasteiger charge is -2.11. The van der Waals surface area contributed by atoms with Crippen molar-refractivity contribution >= 4 is 68.3 Å². The summed E-state index contributed by atoms with van der Waals surface area (Å²) in [6.07, 6.45) is 1.97. The second kappa shape index (κ2) is 8.14. The fourth-order valence-corrected chi connectivity index (χ4v) is 5.83. The van der Waals surface area contributed by atoms with Gasteiger partial charge >= 0.3 is 0 Å². The number of aromatic nitrogens is 3. The van der Waals surface area contributed by atoms with Gasteiger partial charge in [0.2, 0.25) is 5.91 Å². The van der Waals surface area contributed by atoms with Crippen LogP contribution < -0.4 is 5.32 Å². The van der Waals surface area contributed by atoms with Crippen molar-refractivity contribution in [3.05, 3.63) is 42.5 Å². The zero-order chi connectivity index (χ0) is 19.7. The lowest BCUT2D eigenvalue weighted by atomic mass is 10.1. The largest absolute Gasteiger partial charge is 0.341 e. The van der Waals surface area contributed by atoms with E-state index in [9.17, 15) is 4.79 Å². The lowest BCUT2D eigenvalue weighted by Crippen LogP contribution is -2.22. The zero-order valence-electron chi connectivity index (χ0n) is 15.8. The Hall–Kier alpha value is -2.03. The number of aryl methyl sites for hydroxylation is 1. The third kappa shape index (κ3) is 3.64. The number of rotatable bonds is 6. The van der Waals surface area contributed by atoms with Gasteiger partial charge in [0.15, 0.2) is 8.68 Å². The minimum Gasteiger partial charge on any atom is -0.341 e. The number of anilines is 1. The first-order valence-electron chi connectivity index (χ1n) is 8.96. The quantitative estimate of drug-likeness (QED) is 0.411. The molecular formula is C20H20N4OS3. The highest BCUT2D eigenvalue weighted by Gasteiger charge is 2.18. The van der Waals surface area contributed by atoms with Gasteiger partial charge in [-0.2, -0.15) is 0 Å². The van der Waals surface area contributed by atoms with Crippen LogP contribution in [0.4, 0.5) is 5.69 Å². The normalized spacial score (nSPS) is 12.5. The number of thioether (sulfide) groups is 2. The van der Waals surface area contributed by atoms with E-state index in [-0.39, 0.29) is 11.2 Å². The van der Waals surface area contributed by atoms with Crippen LogP contribution in [0.3, 0.4) is 0 Å². The molecule has 0 saturated heterocycles. The van der Waals surface area contributed by atoms with E-state index in [2.05, 4.69) is 63.4 Å². The van der Waals surface area contributed by atoms with Gasteiger partial charge in [0.25, 0.3) is 0 Å². The van der Waals surface area contributed by atoms with E-state index in [1.807, 2.05) is 19.2 Å². The predicted octanol–water partition coefficient (Wildman–Crippen LogP) is 5.51. The Balaban J connectivity index is 1.57. The molecule has 0 aliphatic rings. The maximum atomic E-state index is 12.7. The molecule has 28 heavy (non-hydrogen) atoms. The molecule has 0 saturated carbocycles. The van der Waals surface area contributed by atoms with Crippen LogP contribution in [0.5, 0.6) is 0 Å². The van der Waals surface area contributed by atoms with E-state index in [0.29, 0.717) is 0 Å². The monoisotopic (exact) mass is 428 g/mol. The molecule has 0 aliphatic heterocycles. The summed E-state index contributed by atoms with van der Waals surface area (Å²) in [5.74, 6) is -0.0375. The van der Waals surface area contributed by atoms with Crippen LogP contribution in [0, 0.1) is 0 Å². The van der Waals surface area contributed by atoms with Crippen molar-refractivity contribution in [2.45, 2.75) is 34.3 Å². The van der Waals surface area contributed by atoms with Crippen LogP contribution in [0.1, 0.15) is 13.8 Å². The number of para-hydroxylation sites is 1. The third-order valence-electron chi connectivity index (χ3n) is 4.57. The second-order valence-electron chi connectivity index (χ2n) is 6.28. The summed E-state index contributed by atoms with van der Waals surface area (Å²) in [6.45, 7) is 4.95. The minimum absolute atomic E-state index is 0.0375. The molecule has 0 spiro atoms. The molecule has 8 heteroatoms. The molecule has 0 bridgehead atoms. The summed E-state index contributed by atoms with van der Waals surface area (Å²) in [6, 6.07) is 14.5. The van der Waals surface area contributed by atoms with Crippen LogP contribution in [-0.4, -0.2) is 32.2 Å². The Morgan fingerprint density at radius 3 is 2.64 bits per heavy atom. The van der Waals surface area contributed by atoms with Gasteiger partial charge in [0.1, 0.15) is 0 Å². The Kier molecular flexibility index (Phi) is 5.61. The standard InChI is InChI=1S/C20H20N4OS3/c1-4-24-16-8-6-5-7-14(16)15-11-13(9-10-17(15)24)21-18(25)12(2)27-20-23-22-19(26-3)28-20/h5-12H,4H2,1-3H3,(H,21,25). The van der Waals surface area contributed by atoms with E-state index >= 15 is 0 Å². The van der Waals surface area contributed by atoms with Gasteiger partial charge in [-0.05, 0) is 44.4 Å². The minimum atomic E-state index is -0.254. The number of benzene rings is 2. The Morgan fingerprint density at radius 2 is 1.89 bits per heavy atom. The Labute approximate surface area is 175 Å². The number of fused-ring (bicyclic) bond motifs is 3. The molecule has 1 unspecified atom stereocenters. The molecule has 144 valence electrons. The highest BCUT2D eigenvalue weighted by Crippen LogP contribution is 2.32. The zero-order valence-corrected chi connectivity index (χ0v) is 18.3. The summed E-state index contributed by atoms with van der Waals surface area (Å²) in [4.78, 5) is 12.7. The van der Waals surface area contributed by atoms with Crippen LogP contribution in [0.15, 0.2) is 51.1 Å². The smallest absolute Gasteiger partial charge is 0.237 e. The van der Waals surface area contributed by atoms with Gasteiger partial charge < -0.3 is 9.88 Å². The first kappa shape index (κ1) is 19.3. The first-order valence-corrected chi connectivity index (χ1v) is 11.9. The Bertz CT molecular complexity index is 1150. The molecule has 0 aliphatic carbocycles. The molecule has 0 radical (unpaired) electrons. The van der Waals surface area contributed by atoms with Crippen molar-refractivity contribution in [1.29, 1.82) is 0 Å². The maximum Gasteiger partial charge on any atom is 0.237 e. The van der Waals surface area contributed by atoms with Crippen molar-refractivity contribution < 1.29 is 4.79 Å². The van der Waals surface area contributed by atoms with Crippen molar-refractivity contribution in [2.24, 2.45) is 0 Å². The van der Waals surface area contributed by atoms with Gasteiger partial charge in [0.05, 0.1) is 5.25 Å². The fourth-order valence-electron chi connectivity index (χ4n) is 3.25. The lowest BCUT2D eigenvalue weighted by molar-refractivity contribution is -0.115. The molecule has 1 amide bonds. The van der Waals surface area contributed by atoms with Crippen LogP contribution in [-0.2, 0) is 11.3 Å². The molecule has 4 aromatic rings. The van der Waals surface area contributed by atoms with Gasteiger partial charge in [-0.3, -0.25) is 4.79 Å². The highest BCUT2D eigenvalue weighted by molar-refractivity contribution is 8.03. The molecular weight excluding hydrogens is 408 g/mol. The number of nitrogens with zero attached hydrogens (tertiary/aromatic N) is 3. The second-order valence-corrected chi connectivity index (χ2v) is 9.90. The highest BCUT2D eigenvalue weighted by atomic mass is 32.2. The van der Waals surface area contributed by atoms with Crippen molar-refractivity contribution in [3.8, 4) is 0 Å². The molecule has 0 fully saturated rings. The van der Waals surface area contributed by atoms with Crippen molar-refractivity contribution in [2.75, 3.05) is 11.6 Å². The summed E-state index contributed by atoms with van der Waals surface area (Å²) >= 11 is 4.51. The van der Waals surface area contributed by atoms with Gasteiger partial charge in [-0.1, -0.05) is 53.1 Å². The molecule has 2 aromatic carbocycles. The molecule has 2 heterocycles. The van der Waals surface area contributed by atoms with Crippen LogP contribution in [0.2, 0.25) is 0 Å². The van der Waals surface area contributed by atoms with Crippen LogP contribution >= 0.6 is 34.9 Å².